The summed E-state index contributed by atoms with van der Waals surface area (Å²) in [5, 5.41) is 9.92. The van der Waals surface area contributed by atoms with E-state index >= 15 is 0 Å². The Balaban J connectivity index is 1.44. The van der Waals surface area contributed by atoms with Gasteiger partial charge in [-0.15, -0.1) is 0 Å². The van der Waals surface area contributed by atoms with Gasteiger partial charge in [0.25, 0.3) is 0 Å². The van der Waals surface area contributed by atoms with Gasteiger partial charge < -0.3 is 20.7 Å². The Labute approximate surface area is 186 Å². The fraction of sp³-hybridized carbons (Fsp3) is 0.667. The summed E-state index contributed by atoms with van der Waals surface area (Å²) in [7, 11) is 0. The molecule has 0 aromatic heterocycles. The number of nitrogens with zero attached hydrogens (tertiary/aromatic N) is 2. The van der Waals surface area contributed by atoms with E-state index < -0.39 is 0 Å². The van der Waals surface area contributed by atoms with Gasteiger partial charge in [0.1, 0.15) is 0 Å². The predicted molar refractivity (Wildman–Crippen MR) is 125 cm³/mol. The SMILES string of the molecule is CCNC(=NCC1(N2CCOCC2)CCCCC1)NCC1CC(=O)Nc2ccccc21. The van der Waals surface area contributed by atoms with Gasteiger partial charge in [0.05, 0.1) is 19.8 Å². The first-order chi connectivity index (χ1) is 15.2. The molecule has 3 N–H and O–H groups in total. The number of hydrogen-bond acceptors (Lipinski definition) is 4. The summed E-state index contributed by atoms with van der Waals surface area (Å²) < 4.78 is 5.61. The number of para-hydroxylation sites is 1. The number of benzene rings is 1. The number of anilines is 1. The van der Waals surface area contributed by atoms with Crippen LogP contribution in [-0.4, -0.2) is 68.2 Å². The number of carbonyl (C=O) groups excluding carboxylic acids is 1. The number of morpholine rings is 1. The van der Waals surface area contributed by atoms with Crippen molar-refractivity contribution in [2.75, 3.05) is 51.3 Å². The molecule has 3 aliphatic rings. The van der Waals surface area contributed by atoms with Crippen LogP contribution in [0.1, 0.15) is 56.9 Å². The average Bonchev–Trinajstić information content (AvgIpc) is 2.82. The van der Waals surface area contributed by atoms with Crippen LogP contribution in [0, 0.1) is 0 Å². The Kier molecular flexibility index (Phi) is 7.45. The molecule has 1 aromatic carbocycles. The molecule has 1 aromatic rings. The molecule has 1 unspecified atom stereocenters. The zero-order valence-corrected chi connectivity index (χ0v) is 18.8. The van der Waals surface area contributed by atoms with Crippen molar-refractivity contribution in [2.24, 2.45) is 4.99 Å². The Morgan fingerprint density at radius 1 is 1.19 bits per heavy atom. The van der Waals surface area contributed by atoms with Crippen molar-refractivity contribution in [3.63, 3.8) is 0 Å². The first-order valence-electron chi connectivity index (χ1n) is 11.9. The summed E-state index contributed by atoms with van der Waals surface area (Å²) >= 11 is 0. The molecule has 2 fully saturated rings. The maximum absolute atomic E-state index is 12.2. The van der Waals surface area contributed by atoms with E-state index in [4.69, 9.17) is 9.73 Å². The van der Waals surface area contributed by atoms with Crippen molar-refractivity contribution >= 4 is 17.6 Å². The van der Waals surface area contributed by atoms with Crippen molar-refractivity contribution in [1.29, 1.82) is 0 Å². The highest BCUT2D eigenvalue weighted by Gasteiger charge is 2.38. The Bertz CT molecular complexity index is 769. The van der Waals surface area contributed by atoms with E-state index in [1.807, 2.05) is 18.2 Å². The molecular formula is C24H37N5O2. The Morgan fingerprint density at radius 3 is 2.74 bits per heavy atom. The second-order valence-corrected chi connectivity index (χ2v) is 9.00. The summed E-state index contributed by atoms with van der Waals surface area (Å²) in [5.74, 6) is 1.08. The molecule has 1 saturated heterocycles. The minimum atomic E-state index is 0.0842. The summed E-state index contributed by atoms with van der Waals surface area (Å²) in [5.41, 5.74) is 2.28. The van der Waals surface area contributed by atoms with Crippen LogP contribution >= 0.6 is 0 Å². The number of nitrogens with one attached hydrogen (secondary N) is 3. The first kappa shape index (κ1) is 22.1. The normalized spacial score (nSPS) is 24.2. The van der Waals surface area contributed by atoms with Crippen molar-refractivity contribution in [1.82, 2.24) is 15.5 Å². The van der Waals surface area contributed by atoms with Crippen LogP contribution in [0.3, 0.4) is 0 Å². The summed E-state index contributed by atoms with van der Waals surface area (Å²) in [6.45, 7) is 8.09. The molecule has 1 saturated carbocycles. The van der Waals surface area contributed by atoms with Gasteiger partial charge in [0.15, 0.2) is 5.96 Å². The van der Waals surface area contributed by atoms with Gasteiger partial charge in [-0.2, -0.15) is 0 Å². The van der Waals surface area contributed by atoms with E-state index in [-0.39, 0.29) is 17.4 Å². The molecule has 0 radical (unpaired) electrons. The highest BCUT2D eigenvalue weighted by Crippen LogP contribution is 2.35. The standard InChI is InChI=1S/C24H37N5O2/c1-2-25-23(26-17-19-16-22(30)28-21-9-5-4-8-20(19)21)27-18-24(10-6-3-7-11-24)29-12-14-31-15-13-29/h4-5,8-9,19H,2-3,6-7,10-18H2,1H3,(H,28,30)(H2,25,26,27). The van der Waals surface area contributed by atoms with E-state index in [2.05, 4.69) is 33.8 Å². The zero-order chi connectivity index (χ0) is 21.5. The van der Waals surface area contributed by atoms with Crippen LogP contribution in [0.5, 0.6) is 0 Å². The van der Waals surface area contributed by atoms with E-state index in [0.717, 1.165) is 51.0 Å². The third kappa shape index (κ3) is 5.39. The lowest BCUT2D eigenvalue weighted by molar-refractivity contribution is -0.116. The molecule has 7 nitrogen and oxygen atoms in total. The van der Waals surface area contributed by atoms with Crippen molar-refractivity contribution < 1.29 is 9.53 Å². The Hall–Kier alpha value is -2.12. The van der Waals surface area contributed by atoms with Crippen molar-refractivity contribution in [3.05, 3.63) is 29.8 Å². The Morgan fingerprint density at radius 2 is 1.97 bits per heavy atom. The van der Waals surface area contributed by atoms with Gasteiger partial charge in [0, 0.05) is 49.7 Å². The number of guanidine groups is 1. The lowest BCUT2D eigenvalue weighted by atomic mass is 9.80. The molecule has 2 heterocycles. The smallest absolute Gasteiger partial charge is 0.225 e. The second kappa shape index (κ2) is 10.5. The third-order valence-electron chi connectivity index (χ3n) is 6.96. The molecule has 4 rings (SSSR count). The maximum atomic E-state index is 12.2. The molecule has 0 bridgehead atoms. The third-order valence-corrected chi connectivity index (χ3v) is 6.96. The second-order valence-electron chi connectivity index (χ2n) is 9.00. The number of fused-ring (bicyclic) bond motifs is 1. The molecule has 1 aliphatic carbocycles. The fourth-order valence-corrected chi connectivity index (χ4v) is 5.29. The number of amides is 1. The van der Waals surface area contributed by atoms with Gasteiger partial charge in [-0.1, -0.05) is 37.5 Å². The van der Waals surface area contributed by atoms with Gasteiger partial charge in [0.2, 0.25) is 5.91 Å². The number of hydrogen-bond donors (Lipinski definition) is 3. The average molecular weight is 428 g/mol. The molecule has 31 heavy (non-hydrogen) atoms. The highest BCUT2D eigenvalue weighted by molar-refractivity contribution is 5.94. The topological polar surface area (TPSA) is 78.0 Å². The van der Waals surface area contributed by atoms with Crippen LogP contribution in [0.2, 0.25) is 0 Å². The lowest BCUT2D eigenvalue weighted by Crippen LogP contribution is -2.56. The van der Waals surface area contributed by atoms with Crippen LogP contribution in [0.25, 0.3) is 0 Å². The van der Waals surface area contributed by atoms with Crippen molar-refractivity contribution in [3.8, 4) is 0 Å². The number of carbonyl (C=O) groups is 1. The van der Waals surface area contributed by atoms with E-state index in [1.165, 1.54) is 37.7 Å². The highest BCUT2D eigenvalue weighted by atomic mass is 16.5. The molecule has 7 heteroatoms. The molecule has 170 valence electrons. The minimum absolute atomic E-state index is 0.0842. The summed E-state index contributed by atoms with van der Waals surface area (Å²) in [6.07, 6.45) is 6.83. The van der Waals surface area contributed by atoms with E-state index in [9.17, 15) is 4.79 Å². The zero-order valence-electron chi connectivity index (χ0n) is 18.8. The molecular weight excluding hydrogens is 390 g/mol. The number of aliphatic imine (C=N–C) groups is 1. The molecule has 0 spiro atoms. The summed E-state index contributed by atoms with van der Waals surface area (Å²) in [6, 6.07) is 8.10. The molecule has 1 atom stereocenters. The van der Waals surface area contributed by atoms with Gasteiger partial charge in [-0.05, 0) is 31.4 Å². The summed E-state index contributed by atoms with van der Waals surface area (Å²) in [4.78, 5) is 19.8. The van der Waals surface area contributed by atoms with E-state index in [0.29, 0.717) is 13.0 Å². The minimum Gasteiger partial charge on any atom is -0.379 e. The van der Waals surface area contributed by atoms with Crippen LogP contribution in [0.15, 0.2) is 29.3 Å². The van der Waals surface area contributed by atoms with Crippen LogP contribution in [-0.2, 0) is 9.53 Å². The number of ether oxygens (including phenoxy) is 1. The monoisotopic (exact) mass is 427 g/mol. The fourth-order valence-electron chi connectivity index (χ4n) is 5.29. The van der Waals surface area contributed by atoms with Gasteiger partial charge >= 0.3 is 0 Å². The van der Waals surface area contributed by atoms with Crippen LogP contribution in [0.4, 0.5) is 5.69 Å². The van der Waals surface area contributed by atoms with Gasteiger partial charge in [-0.3, -0.25) is 14.7 Å². The van der Waals surface area contributed by atoms with Crippen LogP contribution < -0.4 is 16.0 Å². The largest absolute Gasteiger partial charge is 0.379 e. The lowest BCUT2D eigenvalue weighted by Gasteiger charge is -2.47. The number of rotatable bonds is 6. The van der Waals surface area contributed by atoms with Gasteiger partial charge in [-0.25, -0.2) is 0 Å². The quantitative estimate of drug-likeness (QED) is 0.481. The molecule has 2 aliphatic heterocycles. The first-order valence-corrected chi connectivity index (χ1v) is 11.9. The predicted octanol–water partition coefficient (Wildman–Crippen LogP) is 2.70. The van der Waals surface area contributed by atoms with Crippen molar-refractivity contribution in [2.45, 2.75) is 56.9 Å². The molecule has 1 amide bonds. The maximum Gasteiger partial charge on any atom is 0.225 e. The van der Waals surface area contributed by atoms with E-state index in [1.54, 1.807) is 0 Å².